The van der Waals surface area contributed by atoms with Gasteiger partial charge in [0.25, 0.3) is 0 Å². The summed E-state index contributed by atoms with van der Waals surface area (Å²) in [5, 5.41) is 0. The lowest BCUT2D eigenvalue weighted by Gasteiger charge is -2.26. The molecule has 0 aromatic heterocycles. The van der Waals surface area contributed by atoms with Crippen molar-refractivity contribution < 1.29 is 19.2 Å². The van der Waals surface area contributed by atoms with Crippen LogP contribution in [-0.4, -0.2) is 46.0 Å². The molecule has 0 N–H and O–H groups in total. The first kappa shape index (κ1) is 13.7. The lowest BCUT2D eigenvalue weighted by molar-refractivity contribution is -0.141. The third-order valence-electron chi connectivity index (χ3n) is 3.77. The van der Waals surface area contributed by atoms with Crippen molar-refractivity contribution in [3.63, 3.8) is 0 Å². The van der Waals surface area contributed by atoms with Crippen LogP contribution in [0.3, 0.4) is 0 Å². The maximum Gasteiger partial charge on any atom is 0.229 e. The standard InChI is InChI=1S/C13H18N2O4/c1-2-9(15-12(18)5-6-13(15)19)7-8-14-10(16)3-4-11(14)17/h9H,2-8H2,1H3. The van der Waals surface area contributed by atoms with Gasteiger partial charge in [0, 0.05) is 38.3 Å². The van der Waals surface area contributed by atoms with Crippen LogP contribution in [0.5, 0.6) is 0 Å². The molecule has 1 unspecified atom stereocenters. The summed E-state index contributed by atoms with van der Waals surface area (Å²) in [7, 11) is 0. The van der Waals surface area contributed by atoms with Crippen molar-refractivity contribution in [1.29, 1.82) is 0 Å². The molecule has 0 radical (unpaired) electrons. The van der Waals surface area contributed by atoms with Crippen LogP contribution in [0.4, 0.5) is 0 Å². The first-order valence-electron chi connectivity index (χ1n) is 6.72. The minimum Gasteiger partial charge on any atom is -0.283 e. The van der Waals surface area contributed by atoms with Gasteiger partial charge in [0.15, 0.2) is 0 Å². The Morgan fingerprint density at radius 1 is 0.895 bits per heavy atom. The van der Waals surface area contributed by atoms with Crippen molar-refractivity contribution in [2.24, 2.45) is 0 Å². The van der Waals surface area contributed by atoms with Gasteiger partial charge in [0.05, 0.1) is 0 Å². The van der Waals surface area contributed by atoms with E-state index in [-0.39, 0.29) is 55.4 Å². The molecule has 19 heavy (non-hydrogen) atoms. The van der Waals surface area contributed by atoms with Crippen molar-refractivity contribution in [1.82, 2.24) is 9.80 Å². The van der Waals surface area contributed by atoms with Gasteiger partial charge in [-0.3, -0.25) is 29.0 Å². The highest BCUT2D eigenvalue weighted by Gasteiger charge is 2.35. The average Bonchev–Trinajstić information content (AvgIpc) is 2.87. The van der Waals surface area contributed by atoms with E-state index in [0.29, 0.717) is 19.4 Å². The molecule has 2 aliphatic rings. The fourth-order valence-electron chi connectivity index (χ4n) is 2.67. The monoisotopic (exact) mass is 266 g/mol. The SMILES string of the molecule is CCC(CCN1C(=O)CCC1=O)N1C(=O)CCC1=O. The Hall–Kier alpha value is -1.72. The number of carbonyl (C=O) groups excluding carboxylic acids is 4. The molecule has 0 aromatic rings. The van der Waals surface area contributed by atoms with E-state index in [1.807, 2.05) is 6.92 Å². The summed E-state index contributed by atoms with van der Waals surface area (Å²) in [5.41, 5.74) is 0. The highest BCUT2D eigenvalue weighted by molar-refractivity contribution is 6.03. The van der Waals surface area contributed by atoms with Gasteiger partial charge in [0.2, 0.25) is 23.6 Å². The second kappa shape index (κ2) is 5.50. The highest BCUT2D eigenvalue weighted by atomic mass is 16.2. The maximum absolute atomic E-state index is 11.7. The molecule has 2 fully saturated rings. The molecule has 2 aliphatic heterocycles. The minimum atomic E-state index is -0.205. The van der Waals surface area contributed by atoms with E-state index >= 15 is 0 Å². The number of likely N-dealkylation sites (tertiary alicyclic amines) is 2. The number of amides is 4. The van der Waals surface area contributed by atoms with Gasteiger partial charge in [0.1, 0.15) is 0 Å². The summed E-state index contributed by atoms with van der Waals surface area (Å²) in [6, 6.07) is -0.205. The minimum absolute atomic E-state index is 0.143. The zero-order valence-corrected chi connectivity index (χ0v) is 11.1. The fourth-order valence-corrected chi connectivity index (χ4v) is 2.67. The summed E-state index contributed by atoms with van der Waals surface area (Å²) < 4.78 is 0. The fraction of sp³-hybridized carbons (Fsp3) is 0.692. The number of carbonyl (C=O) groups is 4. The lowest BCUT2D eigenvalue weighted by Crippen LogP contribution is -2.42. The molecule has 2 rings (SSSR count). The molecule has 0 aliphatic carbocycles. The molecule has 2 heterocycles. The predicted molar refractivity (Wildman–Crippen MR) is 65.7 cm³/mol. The molecule has 0 bridgehead atoms. The van der Waals surface area contributed by atoms with Gasteiger partial charge in [-0.1, -0.05) is 6.92 Å². The second-order valence-electron chi connectivity index (χ2n) is 4.95. The summed E-state index contributed by atoms with van der Waals surface area (Å²) in [5.74, 6) is -0.593. The van der Waals surface area contributed by atoms with Crippen molar-refractivity contribution in [3.8, 4) is 0 Å². The van der Waals surface area contributed by atoms with Crippen molar-refractivity contribution in [2.45, 2.75) is 51.5 Å². The van der Waals surface area contributed by atoms with E-state index in [0.717, 1.165) is 0 Å². The molecular weight excluding hydrogens is 248 g/mol. The molecule has 2 saturated heterocycles. The second-order valence-corrected chi connectivity index (χ2v) is 4.95. The molecule has 4 amide bonds. The maximum atomic E-state index is 11.7. The van der Waals surface area contributed by atoms with Gasteiger partial charge >= 0.3 is 0 Å². The van der Waals surface area contributed by atoms with Crippen LogP contribution < -0.4 is 0 Å². The van der Waals surface area contributed by atoms with E-state index in [9.17, 15) is 19.2 Å². The smallest absolute Gasteiger partial charge is 0.229 e. The van der Waals surface area contributed by atoms with Crippen LogP contribution >= 0.6 is 0 Å². The van der Waals surface area contributed by atoms with E-state index in [1.165, 1.54) is 9.80 Å². The van der Waals surface area contributed by atoms with Crippen LogP contribution in [0, 0.1) is 0 Å². The molecule has 6 nitrogen and oxygen atoms in total. The summed E-state index contributed by atoms with van der Waals surface area (Å²) >= 11 is 0. The summed E-state index contributed by atoms with van der Waals surface area (Å²) in [4.78, 5) is 48.9. The predicted octanol–water partition coefficient (Wildman–Crippen LogP) is 0.453. The van der Waals surface area contributed by atoms with Gasteiger partial charge in [-0.25, -0.2) is 0 Å². The first-order valence-corrected chi connectivity index (χ1v) is 6.72. The summed E-state index contributed by atoms with van der Waals surface area (Å²) in [6.07, 6.45) is 2.22. The van der Waals surface area contributed by atoms with Crippen LogP contribution in [-0.2, 0) is 19.2 Å². The molecule has 0 aromatic carbocycles. The largest absolute Gasteiger partial charge is 0.283 e. The summed E-state index contributed by atoms with van der Waals surface area (Å²) in [6.45, 7) is 2.20. The van der Waals surface area contributed by atoms with E-state index < -0.39 is 0 Å². The number of imide groups is 2. The average molecular weight is 266 g/mol. The van der Waals surface area contributed by atoms with Crippen molar-refractivity contribution in [3.05, 3.63) is 0 Å². The van der Waals surface area contributed by atoms with Gasteiger partial charge in [-0.15, -0.1) is 0 Å². The van der Waals surface area contributed by atoms with Crippen LogP contribution in [0.2, 0.25) is 0 Å². The number of hydrogen-bond donors (Lipinski definition) is 0. The molecule has 0 saturated carbocycles. The molecule has 1 atom stereocenters. The zero-order chi connectivity index (χ0) is 14.0. The molecular formula is C13H18N2O4. The van der Waals surface area contributed by atoms with Crippen molar-refractivity contribution >= 4 is 23.6 Å². The van der Waals surface area contributed by atoms with Gasteiger partial charge in [-0.05, 0) is 12.8 Å². The van der Waals surface area contributed by atoms with E-state index in [4.69, 9.17) is 0 Å². The lowest BCUT2D eigenvalue weighted by atomic mass is 10.1. The highest BCUT2D eigenvalue weighted by Crippen LogP contribution is 2.21. The molecule has 104 valence electrons. The van der Waals surface area contributed by atoms with Gasteiger partial charge < -0.3 is 0 Å². The topological polar surface area (TPSA) is 74.8 Å². The van der Waals surface area contributed by atoms with Crippen LogP contribution in [0.15, 0.2) is 0 Å². The number of nitrogens with zero attached hydrogens (tertiary/aromatic N) is 2. The molecule has 0 spiro atoms. The number of hydrogen-bond acceptors (Lipinski definition) is 4. The van der Waals surface area contributed by atoms with E-state index in [2.05, 4.69) is 0 Å². The van der Waals surface area contributed by atoms with Crippen molar-refractivity contribution in [2.75, 3.05) is 6.54 Å². The van der Waals surface area contributed by atoms with Crippen LogP contribution in [0.1, 0.15) is 45.4 Å². The Kier molecular flexibility index (Phi) is 3.97. The Labute approximate surface area is 111 Å². The number of rotatable bonds is 5. The quantitative estimate of drug-likeness (QED) is 0.677. The first-order chi connectivity index (χ1) is 9.04. The third kappa shape index (κ3) is 2.67. The van der Waals surface area contributed by atoms with Crippen LogP contribution in [0.25, 0.3) is 0 Å². The normalized spacial score (nSPS) is 21.7. The Balaban J connectivity index is 1.96. The zero-order valence-electron chi connectivity index (χ0n) is 11.1. The Bertz CT molecular complexity index is 400. The third-order valence-corrected chi connectivity index (χ3v) is 3.77. The Morgan fingerprint density at radius 2 is 1.37 bits per heavy atom. The van der Waals surface area contributed by atoms with E-state index in [1.54, 1.807) is 0 Å². The Morgan fingerprint density at radius 3 is 1.84 bits per heavy atom. The van der Waals surface area contributed by atoms with Gasteiger partial charge in [-0.2, -0.15) is 0 Å². The molecule has 6 heteroatoms.